The van der Waals surface area contributed by atoms with Gasteiger partial charge in [-0.3, -0.25) is 9.69 Å². The number of rotatable bonds is 8. The molecule has 0 saturated carbocycles. The van der Waals surface area contributed by atoms with E-state index >= 15 is 0 Å². The van der Waals surface area contributed by atoms with Crippen molar-refractivity contribution in [3.8, 4) is 11.4 Å². The van der Waals surface area contributed by atoms with Crippen LogP contribution in [0.5, 0.6) is 0 Å². The normalized spacial score (nSPS) is 19.1. The Balaban J connectivity index is 1.10. The molecule has 0 aliphatic carbocycles. The van der Waals surface area contributed by atoms with Gasteiger partial charge in [-0.2, -0.15) is 15.0 Å². The summed E-state index contributed by atoms with van der Waals surface area (Å²) in [4.78, 5) is 51.5. The van der Waals surface area contributed by atoms with Crippen molar-refractivity contribution in [3.63, 3.8) is 0 Å². The standard InChI is InChI=1S/C35H48N10O3/c1-25(2)42-15-5-16-43(19-18-42)33-38-31(39-34(40-33)44-20-22-48-23-21-44)26-6-10-28(11-7-26)36-35(47)37-29-12-8-27(9-13-29)32(46)45-17-14-30(24-45)41(3)4/h6-13,25,30H,5,14-24H2,1-4H3,(H2,36,37,47)/t30-/m0/s1. The molecule has 13 nitrogen and oxygen atoms in total. The number of likely N-dealkylation sites (tertiary alicyclic amines) is 1. The molecule has 0 bridgehead atoms. The molecule has 3 aliphatic rings. The van der Waals surface area contributed by atoms with Crippen molar-refractivity contribution in [3.05, 3.63) is 54.1 Å². The van der Waals surface area contributed by atoms with E-state index in [0.29, 0.717) is 60.0 Å². The summed E-state index contributed by atoms with van der Waals surface area (Å²) >= 11 is 0. The molecule has 1 atom stereocenters. The molecule has 2 N–H and O–H groups in total. The fourth-order valence-electron chi connectivity index (χ4n) is 6.41. The van der Waals surface area contributed by atoms with E-state index in [4.69, 9.17) is 19.7 Å². The van der Waals surface area contributed by atoms with E-state index < -0.39 is 0 Å². The van der Waals surface area contributed by atoms with Gasteiger partial charge in [0.25, 0.3) is 5.91 Å². The molecule has 3 aromatic rings. The van der Waals surface area contributed by atoms with Crippen LogP contribution < -0.4 is 20.4 Å². The first kappa shape index (κ1) is 33.6. The second-order valence-electron chi connectivity index (χ2n) is 13.2. The van der Waals surface area contributed by atoms with Gasteiger partial charge in [0, 0.05) is 86.9 Å². The minimum atomic E-state index is -0.371. The fourth-order valence-corrected chi connectivity index (χ4v) is 6.41. The third-order valence-corrected chi connectivity index (χ3v) is 9.42. The number of aromatic nitrogens is 3. The number of morpholine rings is 1. The number of hydrogen-bond donors (Lipinski definition) is 2. The topological polar surface area (TPSA) is 122 Å². The van der Waals surface area contributed by atoms with Gasteiger partial charge in [0.15, 0.2) is 5.82 Å². The Morgan fingerprint density at radius 3 is 2.02 bits per heavy atom. The lowest BCUT2D eigenvalue weighted by molar-refractivity contribution is 0.0783. The highest BCUT2D eigenvalue weighted by atomic mass is 16.5. The van der Waals surface area contributed by atoms with Gasteiger partial charge < -0.3 is 35.0 Å². The summed E-state index contributed by atoms with van der Waals surface area (Å²) < 4.78 is 5.57. The highest BCUT2D eigenvalue weighted by Gasteiger charge is 2.28. The lowest BCUT2D eigenvalue weighted by Crippen LogP contribution is -2.38. The maximum Gasteiger partial charge on any atom is 0.323 e. The van der Waals surface area contributed by atoms with Crippen LogP contribution in [0.15, 0.2) is 48.5 Å². The number of nitrogens with one attached hydrogen (secondary N) is 2. The molecule has 6 rings (SSSR count). The van der Waals surface area contributed by atoms with E-state index in [-0.39, 0.29) is 11.9 Å². The van der Waals surface area contributed by atoms with Gasteiger partial charge in [-0.1, -0.05) is 0 Å². The zero-order chi connectivity index (χ0) is 33.6. The van der Waals surface area contributed by atoms with Crippen molar-refractivity contribution in [1.29, 1.82) is 0 Å². The number of anilines is 4. The maximum atomic E-state index is 12.9. The zero-order valence-electron chi connectivity index (χ0n) is 28.6. The van der Waals surface area contributed by atoms with E-state index in [1.807, 2.05) is 43.3 Å². The van der Waals surface area contributed by atoms with Crippen LogP contribution in [0.1, 0.15) is 37.0 Å². The Labute approximate surface area is 283 Å². The summed E-state index contributed by atoms with van der Waals surface area (Å²) in [5, 5.41) is 5.75. The first-order valence-corrected chi connectivity index (χ1v) is 17.1. The van der Waals surface area contributed by atoms with E-state index in [2.05, 4.69) is 44.1 Å². The first-order chi connectivity index (χ1) is 23.2. The van der Waals surface area contributed by atoms with Gasteiger partial charge in [-0.05, 0) is 89.3 Å². The van der Waals surface area contributed by atoms with Gasteiger partial charge in [0.05, 0.1) is 13.2 Å². The molecule has 2 aromatic carbocycles. The van der Waals surface area contributed by atoms with Crippen LogP contribution in [0.2, 0.25) is 0 Å². The monoisotopic (exact) mass is 656 g/mol. The second kappa shape index (κ2) is 15.3. The van der Waals surface area contributed by atoms with Crippen LogP contribution >= 0.6 is 0 Å². The number of benzene rings is 2. The molecule has 3 aliphatic heterocycles. The first-order valence-electron chi connectivity index (χ1n) is 17.1. The Bertz CT molecular complexity index is 1540. The maximum absolute atomic E-state index is 12.9. The lowest BCUT2D eigenvalue weighted by Gasteiger charge is -2.28. The largest absolute Gasteiger partial charge is 0.378 e. The molecule has 4 heterocycles. The SMILES string of the molecule is CC(C)N1CCCN(c2nc(-c3ccc(NC(=O)Nc4ccc(C(=O)N5CC[C@H](N(C)C)C5)cc4)cc3)nc(N3CCOCC3)n2)CC1. The summed E-state index contributed by atoms with van der Waals surface area (Å²) in [5.41, 5.74) is 2.69. The quantitative estimate of drug-likeness (QED) is 0.371. The van der Waals surface area contributed by atoms with Gasteiger partial charge in [0.2, 0.25) is 11.9 Å². The molecule has 0 spiro atoms. The molecular weight excluding hydrogens is 608 g/mol. The molecule has 0 radical (unpaired) electrons. The average Bonchev–Trinajstić information content (AvgIpc) is 3.47. The van der Waals surface area contributed by atoms with Crippen molar-refractivity contribution in [1.82, 2.24) is 29.7 Å². The minimum absolute atomic E-state index is 0.0157. The summed E-state index contributed by atoms with van der Waals surface area (Å²) in [6.45, 7) is 12.5. The lowest BCUT2D eigenvalue weighted by atomic mass is 10.2. The smallest absolute Gasteiger partial charge is 0.323 e. The van der Waals surface area contributed by atoms with Crippen LogP contribution in [-0.4, -0.2) is 133 Å². The number of ether oxygens (including phenoxy) is 1. The molecule has 3 amide bonds. The molecule has 3 fully saturated rings. The summed E-state index contributed by atoms with van der Waals surface area (Å²) in [6, 6.07) is 15.1. The van der Waals surface area contributed by atoms with E-state index in [1.54, 1.807) is 24.3 Å². The molecule has 0 unspecified atom stereocenters. The molecule has 48 heavy (non-hydrogen) atoms. The van der Waals surface area contributed by atoms with Crippen LogP contribution in [0.4, 0.5) is 28.1 Å². The summed E-state index contributed by atoms with van der Waals surface area (Å²) in [7, 11) is 4.09. The van der Waals surface area contributed by atoms with E-state index in [1.165, 1.54) is 0 Å². The van der Waals surface area contributed by atoms with Crippen molar-refractivity contribution >= 4 is 35.2 Å². The van der Waals surface area contributed by atoms with Gasteiger partial charge >= 0.3 is 6.03 Å². The van der Waals surface area contributed by atoms with Crippen LogP contribution in [0.3, 0.4) is 0 Å². The van der Waals surface area contributed by atoms with Gasteiger partial charge in [-0.15, -0.1) is 0 Å². The molecular formula is C35H48N10O3. The Morgan fingerprint density at radius 2 is 1.42 bits per heavy atom. The van der Waals surface area contributed by atoms with Crippen LogP contribution in [0, 0.1) is 0 Å². The number of hydrogen-bond acceptors (Lipinski definition) is 10. The molecule has 256 valence electrons. The van der Waals surface area contributed by atoms with E-state index in [0.717, 1.165) is 70.8 Å². The summed E-state index contributed by atoms with van der Waals surface area (Å²) in [6.07, 6.45) is 2.02. The molecule has 13 heteroatoms. The van der Waals surface area contributed by atoms with Crippen molar-refractivity contribution in [2.45, 2.75) is 38.8 Å². The Hall–Kier alpha value is -4.33. The molecule has 3 saturated heterocycles. The Kier molecular flexibility index (Phi) is 10.7. The van der Waals surface area contributed by atoms with E-state index in [9.17, 15) is 9.59 Å². The highest BCUT2D eigenvalue weighted by Crippen LogP contribution is 2.25. The third kappa shape index (κ3) is 8.20. The number of likely N-dealkylation sites (N-methyl/N-ethyl adjacent to an activating group) is 1. The second-order valence-corrected chi connectivity index (χ2v) is 13.2. The predicted octanol–water partition coefficient (Wildman–Crippen LogP) is 3.72. The number of carbonyl (C=O) groups is 2. The fraction of sp³-hybridized carbons (Fsp3) is 0.514. The van der Waals surface area contributed by atoms with Crippen molar-refractivity contribution in [2.75, 3.05) is 100 Å². The Morgan fingerprint density at radius 1 is 0.792 bits per heavy atom. The van der Waals surface area contributed by atoms with Crippen LogP contribution in [-0.2, 0) is 4.74 Å². The minimum Gasteiger partial charge on any atom is -0.378 e. The highest BCUT2D eigenvalue weighted by molar-refractivity contribution is 6.00. The third-order valence-electron chi connectivity index (χ3n) is 9.42. The molecule has 1 aromatic heterocycles. The van der Waals surface area contributed by atoms with Gasteiger partial charge in [0.1, 0.15) is 0 Å². The number of amides is 3. The van der Waals surface area contributed by atoms with Gasteiger partial charge in [-0.25, -0.2) is 4.79 Å². The average molecular weight is 657 g/mol. The number of carbonyl (C=O) groups excluding carboxylic acids is 2. The van der Waals surface area contributed by atoms with Crippen molar-refractivity contribution in [2.24, 2.45) is 0 Å². The zero-order valence-corrected chi connectivity index (χ0v) is 28.6. The predicted molar refractivity (Wildman–Crippen MR) is 189 cm³/mol. The summed E-state index contributed by atoms with van der Waals surface area (Å²) in [5.74, 6) is 1.97. The number of urea groups is 1. The van der Waals surface area contributed by atoms with Crippen molar-refractivity contribution < 1.29 is 14.3 Å². The number of nitrogens with zero attached hydrogens (tertiary/aromatic N) is 8. The van der Waals surface area contributed by atoms with Crippen LogP contribution in [0.25, 0.3) is 11.4 Å².